The van der Waals surface area contributed by atoms with Crippen molar-refractivity contribution in [3.05, 3.63) is 16.9 Å². The van der Waals surface area contributed by atoms with E-state index in [1.807, 2.05) is 0 Å². The molecule has 1 aliphatic rings. The summed E-state index contributed by atoms with van der Waals surface area (Å²) < 4.78 is 6.30. The largest absolute Gasteiger partial charge is 0.488 e. The fraction of sp³-hybridized carbons (Fsp3) is 0.375. The number of nitrogens with zero attached hydrogens (tertiary/aromatic N) is 1. The monoisotopic (exact) mass is 228 g/mol. The van der Waals surface area contributed by atoms with Crippen LogP contribution in [0.15, 0.2) is 16.9 Å². The van der Waals surface area contributed by atoms with Gasteiger partial charge in [-0.1, -0.05) is 0 Å². The molecule has 1 saturated carbocycles. The third-order valence-corrected chi connectivity index (χ3v) is 2.11. The zero-order chi connectivity index (χ0) is 8.55. The van der Waals surface area contributed by atoms with Crippen LogP contribution in [-0.2, 0) is 0 Å². The van der Waals surface area contributed by atoms with Gasteiger partial charge in [-0.3, -0.25) is 0 Å². The number of aromatic nitrogens is 1. The van der Waals surface area contributed by atoms with E-state index in [1.54, 1.807) is 12.3 Å². The molecule has 1 fully saturated rings. The molecule has 0 spiro atoms. The topological polar surface area (TPSA) is 48.1 Å². The molecule has 2 N–H and O–H groups in total. The molecule has 3 nitrogen and oxygen atoms in total. The van der Waals surface area contributed by atoms with Gasteiger partial charge in [0.2, 0.25) is 0 Å². The average molecular weight is 229 g/mol. The van der Waals surface area contributed by atoms with Crippen molar-refractivity contribution < 1.29 is 4.74 Å². The highest BCUT2D eigenvalue weighted by atomic mass is 79.9. The van der Waals surface area contributed by atoms with Crippen LogP contribution in [0.5, 0.6) is 5.75 Å². The number of pyridine rings is 1. The van der Waals surface area contributed by atoms with Crippen LogP contribution in [0, 0.1) is 0 Å². The van der Waals surface area contributed by atoms with Crippen LogP contribution in [0.4, 0.5) is 5.69 Å². The second-order valence-corrected chi connectivity index (χ2v) is 3.67. The Bertz CT molecular complexity index is 299. The van der Waals surface area contributed by atoms with Gasteiger partial charge in [0, 0.05) is 6.07 Å². The maximum absolute atomic E-state index is 5.66. The van der Waals surface area contributed by atoms with Gasteiger partial charge in [-0.25, -0.2) is 4.98 Å². The minimum atomic E-state index is 0.376. The van der Waals surface area contributed by atoms with E-state index in [9.17, 15) is 0 Å². The summed E-state index contributed by atoms with van der Waals surface area (Å²) in [6.07, 6.45) is 4.25. The number of nitrogen functional groups attached to an aromatic ring is 1. The van der Waals surface area contributed by atoms with Crippen LogP contribution in [0.1, 0.15) is 12.8 Å². The summed E-state index contributed by atoms with van der Waals surface area (Å²) in [6.45, 7) is 0. The van der Waals surface area contributed by atoms with E-state index < -0.39 is 0 Å². The molecule has 0 amide bonds. The van der Waals surface area contributed by atoms with Crippen molar-refractivity contribution in [2.75, 3.05) is 5.73 Å². The molecule has 12 heavy (non-hydrogen) atoms. The molecule has 0 saturated heterocycles. The van der Waals surface area contributed by atoms with Gasteiger partial charge in [-0.2, -0.15) is 0 Å². The third kappa shape index (κ3) is 1.69. The van der Waals surface area contributed by atoms with Crippen LogP contribution in [0.2, 0.25) is 0 Å². The minimum absolute atomic E-state index is 0.376. The van der Waals surface area contributed by atoms with Crippen molar-refractivity contribution in [2.24, 2.45) is 0 Å². The van der Waals surface area contributed by atoms with Crippen LogP contribution in [0.25, 0.3) is 0 Å². The summed E-state index contributed by atoms with van der Waals surface area (Å²) in [7, 11) is 0. The predicted molar refractivity (Wildman–Crippen MR) is 50.0 cm³/mol. The molecule has 0 radical (unpaired) electrons. The molecule has 0 atom stereocenters. The van der Waals surface area contributed by atoms with Gasteiger partial charge in [0.05, 0.1) is 18.0 Å². The van der Waals surface area contributed by atoms with Gasteiger partial charge in [0.25, 0.3) is 0 Å². The summed E-state index contributed by atoms with van der Waals surface area (Å²) in [5.74, 6) is 0.736. The molecule has 2 rings (SSSR count). The molecule has 1 aromatic rings. The van der Waals surface area contributed by atoms with Gasteiger partial charge in [-0.15, -0.1) is 0 Å². The van der Waals surface area contributed by atoms with Gasteiger partial charge >= 0.3 is 0 Å². The molecule has 1 heterocycles. The van der Waals surface area contributed by atoms with E-state index in [-0.39, 0.29) is 0 Å². The van der Waals surface area contributed by atoms with E-state index in [1.165, 1.54) is 0 Å². The standard InChI is InChI=1S/C8H9BrN2O/c9-8-3-7(6(10)4-11-8)12-5-1-2-5/h3-5H,1-2,10H2. The van der Waals surface area contributed by atoms with Crippen molar-refractivity contribution in [1.82, 2.24) is 4.98 Å². The van der Waals surface area contributed by atoms with Crippen LogP contribution < -0.4 is 10.5 Å². The van der Waals surface area contributed by atoms with E-state index in [0.29, 0.717) is 11.8 Å². The first-order valence-corrected chi connectivity index (χ1v) is 4.62. The lowest BCUT2D eigenvalue weighted by molar-refractivity contribution is 0.304. The van der Waals surface area contributed by atoms with Crippen LogP contribution in [-0.4, -0.2) is 11.1 Å². The van der Waals surface area contributed by atoms with Crippen LogP contribution in [0.3, 0.4) is 0 Å². The first kappa shape index (κ1) is 7.86. The van der Waals surface area contributed by atoms with E-state index in [4.69, 9.17) is 10.5 Å². The maximum atomic E-state index is 5.66. The van der Waals surface area contributed by atoms with E-state index in [2.05, 4.69) is 20.9 Å². The Balaban J connectivity index is 2.21. The Morgan fingerprint density at radius 3 is 3.00 bits per heavy atom. The number of rotatable bonds is 2. The first-order chi connectivity index (χ1) is 5.75. The van der Waals surface area contributed by atoms with Gasteiger partial charge in [-0.05, 0) is 28.8 Å². The lowest BCUT2D eigenvalue weighted by atomic mass is 10.4. The highest BCUT2D eigenvalue weighted by Gasteiger charge is 2.24. The third-order valence-electron chi connectivity index (χ3n) is 1.68. The van der Waals surface area contributed by atoms with Crippen molar-refractivity contribution in [3.63, 3.8) is 0 Å². The van der Waals surface area contributed by atoms with E-state index >= 15 is 0 Å². The normalized spacial score (nSPS) is 16.1. The number of ether oxygens (including phenoxy) is 1. The fourth-order valence-corrected chi connectivity index (χ4v) is 1.20. The molecule has 0 aliphatic heterocycles. The summed E-state index contributed by atoms with van der Waals surface area (Å²) in [5.41, 5.74) is 6.26. The smallest absolute Gasteiger partial charge is 0.146 e. The number of halogens is 1. The first-order valence-electron chi connectivity index (χ1n) is 3.83. The number of anilines is 1. The highest BCUT2D eigenvalue weighted by molar-refractivity contribution is 9.10. The van der Waals surface area contributed by atoms with Crippen molar-refractivity contribution in [1.29, 1.82) is 0 Å². The molecule has 4 heteroatoms. The van der Waals surface area contributed by atoms with Crippen molar-refractivity contribution in [2.45, 2.75) is 18.9 Å². The zero-order valence-electron chi connectivity index (χ0n) is 6.46. The van der Waals surface area contributed by atoms with Gasteiger partial charge in [0.15, 0.2) is 0 Å². The van der Waals surface area contributed by atoms with Gasteiger partial charge < -0.3 is 10.5 Å². The van der Waals surface area contributed by atoms with Crippen LogP contribution >= 0.6 is 15.9 Å². The number of hydrogen-bond acceptors (Lipinski definition) is 3. The minimum Gasteiger partial charge on any atom is -0.488 e. The Labute approximate surface area is 79.1 Å². The Kier molecular flexibility index (Phi) is 1.92. The molecular weight excluding hydrogens is 220 g/mol. The SMILES string of the molecule is Nc1cnc(Br)cc1OC1CC1. The Morgan fingerprint density at radius 2 is 2.33 bits per heavy atom. The second-order valence-electron chi connectivity index (χ2n) is 2.86. The summed E-state index contributed by atoms with van der Waals surface area (Å²) in [6, 6.07) is 1.80. The van der Waals surface area contributed by atoms with Crippen molar-refractivity contribution >= 4 is 21.6 Å². The summed E-state index contributed by atoms with van der Waals surface area (Å²) in [4.78, 5) is 3.98. The number of hydrogen-bond donors (Lipinski definition) is 1. The summed E-state index contributed by atoms with van der Waals surface area (Å²) in [5, 5.41) is 0. The molecule has 64 valence electrons. The summed E-state index contributed by atoms with van der Waals surface area (Å²) >= 11 is 3.26. The van der Waals surface area contributed by atoms with E-state index in [0.717, 1.165) is 23.2 Å². The molecule has 1 aromatic heterocycles. The second kappa shape index (κ2) is 2.94. The highest BCUT2D eigenvalue weighted by Crippen LogP contribution is 2.31. The maximum Gasteiger partial charge on any atom is 0.146 e. The molecule has 1 aliphatic carbocycles. The Hall–Kier alpha value is -0.770. The lowest BCUT2D eigenvalue weighted by Crippen LogP contribution is -2.00. The average Bonchev–Trinajstić information content (AvgIpc) is 2.81. The number of nitrogens with two attached hydrogens (primary N) is 1. The molecule has 0 aromatic carbocycles. The van der Waals surface area contributed by atoms with Crippen molar-refractivity contribution in [3.8, 4) is 5.75 Å². The predicted octanol–water partition coefficient (Wildman–Crippen LogP) is 1.97. The molecule has 0 bridgehead atoms. The quantitative estimate of drug-likeness (QED) is 0.788. The Morgan fingerprint density at radius 1 is 1.58 bits per heavy atom. The van der Waals surface area contributed by atoms with Gasteiger partial charge in [0.1, 0.15) is 10.4 Å². The zero-order valence-corrected chi connectivity index (χ0v) is 8.04. The lowest BCUT2D eigenvalue weighted by Gasteiger charge is -2.06. The molecular formula is C8H9BrN2O. The fourth-order valence-electron chi connectivity index (χ4n) is 0.891. The molecule has 0 unspecified atom stereocenters.